The highest BCUT2D eigenvalue weighted by Crippen LogP contribution is 2.28. The molecule has 0 spiro atoms. The van der Waals surface area contributed by atoms with E-state index in [0.717, 1.165) is 49.1 Å². The lowest BCUT2D eigenvalue weighted by Crippen LogP contribution is -2.52. The molecule has 0 unspecified atom stereocenters. The molecule has 0 atom stereocenters. The Morgan fingerprint density at radius 3 is 2.59 bits per heavy atom. The van der Waals surface area contributed by atoms with Crippen LogP contribution in [0.2, 0.25) is 0 Å². The van der Waals surface area contributed by atoms with Crippen molar-refractivity contribution in [1.29, 1.82) is 0 Å². The summed E-state index contributed by atoms with van der Waals surface area (Å²) in [5.74, 6) is 0.705. The Kier molecular flexibility index (Phi) is 6.01. The lowest BCUT2D eigenvalue weighted by Gasteiger charge is -2.38. The zero-order valence-electron chi connectivity index (χ0n) is 15.7. The number of benzene rings is 2. The molecule has 1 aliphatic heterocycles. The fourth-order valence-electron chi connectivity index (χ4n) is 3.22. The number of para-hydroxylation sites is 2. The summed E-state index contributed by atoms with van der Waals surface area (Å²) < 4.78 is 18.9. The van der Waals surface area contributed by atoms with Gasteiger partial charge in [0.05, 0.1) is 12.8 Å². The molecule has 2 N–H and O–H groups in total. The highest BCUT2D eigenvalue weighted by Gasteiger charge is 2.21. The molecule has 144 valence electrons. The maximum Gasteiger partial charge on any atom is 0.194 e. The fraction of sp³-hybridized carbons (Fsp3) is 0.350. The van der Waals surface area contributed by atoms with Crippen LogP contribution in [0.5, 0.6) is 11.5 Å². The third-order valence-corrected chi connectivity index (χ3v) is 4.68. The van der Waals surface area contributed by atoms with Gasteiger partial charge >= 0.3 is 0 Å². The van der Waals surface area contributed by atoms with Crippen molar-refractivity contribution in [3.63, 3.8) is 0 Å². The summed E-state index contributed by atoms with van der Waals surface area (Å²) in [7, 11) is 3.43. The number of nitrogens with zero attached hydrogens (tertiary/aromatic N) is 3. The largest absolute Gasteiger partial charge is 0.505 e. The number of phenolic OH excluding ortho intramolecular Hbond substituents is 1. The van der Waals surface area contributed by atoms with Gasteiger partial charge in [-0.15, -0.1) is 0 Å². The van der Waals surface area contributed by atoms with Gasteiger partial charge in [0.1, 0.15) is 5.75 Å². The highest BCUT2D eigenvalue weighted by atomic mass is 19.1. The normalized spacial score (nSPS) is 15.0. The van der Waals surface area contributed by atoms with E-state index in [4.69, 9.17) is 4.74 Å². The zero-order valence-corrected chi connectivity index (χ0v) is 15.7. The number of hydrogen-bond donors (Lipinski definition) is 2. The van der Waals surface area contributed by atoms with Crippen LogP contribution in [0.3, 0.4) is 0 Å². The van der Waals surface area contributed by atoms with E-state index in [-0.39, 0.29) is 5.75 Å². The number of aliphatic imine (C=N–C) groups is 1. The van der Waals surface area contributed by atoms with Crippen LogP contribution in [0.1, 0.15) is 5.56 Å². The second kappa shape index (κ2) is 8.62. The number of phenols is 1. The van der Waals surface area contributed by atoms with Crippen molar-refractivity contribution in [3.05, 3.63) is 53.8 Å². The van der Waals surface area contributed by atoms with Crippen LogP contribution in [0.25, 0.3) is 0 Å². The van der Waals surface area contributed by atoms with Crippen LogP contribution in [-0.2, 0) is 6.54 Å². The van der Waals surface area contributed by atoms with Crippen molar-refractivity contribution in [3.8, 4) is 11.5 Å². The van der Waals surface area contributed by atoms with Gasteiger partial charge in [-0.2, -0.15) is 0 Å². The van der Waals surface area contributed by atoms with Crippen LogP contribution >= 0.6 is 0 Å². The number of methoxy groups -OCH3 is 1. The number of aromatic hydroxyl groups is 1. The SMILES string of the molecule is CN=C(NCc1ccc(O)c(F)c1)N1CCN(c2ccccc2OC)CC1. The molecular weight excluding hydrogens is 347 g/mol. The highest BCUT2D eigenvalue weighted by molar-refractivity contribution is 5.80. The van der Waals surface area contributed by atoms with E-state index in [1.165, 1.54) is 12.1 Å². The Bertz CT molecular complexity index is 804. The van der Waals surface area contributed by atoms with E-state index < -0.39 is 5.82 Å². The van der Waals surface area contributed by atoms with Crippen molar-refractivity contribution in [1.82, 2.24) is 10.2 Å². The third-order valence-electron chi connectivity index (χ3n) is 4.68. The number of hydrogen-bond acceptors (Lipinski definition) is 4. The second-order valence-electron chi connectivity index (χ2n) is 6.33. The van der Waals surface area contributed by atoms with Gasteiger partial charge in [-0.05, 0) is 29.8 Å². The van der Waals surface area contributed by atoms with Crippen LogP contribution in [0.4, 0.5) is 10.1 Å². The van der Waals surface area contributed by atoms with Crippen LogP contribution in [0, 0.1) is 5.82 Å². The number of ether oxygens (including phenoxy) is 1. The summed E-state index contributed by atoms with van der Waals surface area (Å²) in [4.78, 5) is 8.83. The van der Waals surface area contributed by atoms with Crippen LogP contribution in [-0.4, -0.2) is 56.3 Å². The topological polar surface area (TPSA) is 60.3 Å². The van der Waals surface area contributed by atoms with Gasteiger partial charge in [0.15, 0.2) is 17.5 Å². The number of nitrogens with one attached hydrogen (secondary N) is 1. The lowest BCUT2D eigenvalue weighted by molar-refractivity contribution is 0.367. The molecule has 1 aliphatic rings. The molecule has 7 heteroatoms. The molecule has 0 bridgehead atoms. The maximum atomic E-state index is 13.5. The van der Waals surface area contributed by atoms with Gasteiger partial charge in [0.2, 0.25) is 0 Å². The first-order valence-corrected chi connectivity index (χ1v) is 8.93. The number of guanidine groups is 1. The Hall–Kier alpha value is -2.96. The minimum atomic E-state index is -0.616. The van der Waals surface area contributed by atoms with Crippen molar-refractivity contribution < 1.29 is 14.2 Å². The fourth-order valence-corrected chi connectivity index (χ4v) is 3.22. The summed E-state index contributed by atoms with van der Waals surface area (Å²) in [6.45, 7) is 3.80. The number of rotatable bonds is 4. The van der Waals surface area contributed by atoms with Gasteiger partial charge < -0.3 is 25.0 Å². The van der Waals surface area contributed by atoms with Crippen LogP contribution < -0.4 is 15.0 Å². The summed E-state index contributed by atoms with van der Waals surface area (Å²) in [6, 6.07) is 12.4. The van der Waals surface area contributed by atoms with Crippen molar-refractivity contribution >= 4 is 11.6 Å². The van der Waals surface area contributed by atoms with Crippen molar-refractivity contribution in [2.75, 3.05) is 45.2 Å². The third kappa shape index (κ3) is 4.42. The zero-order chi connectivity index (χ0) is 19.2. The Balaban J connectivity index is 1.58. The molecule has 1 heterocycles. The van der Waals surface area contributed by atoms with E-state index in [1.54, 1.807) is 20.2 Å². The summed E-state index contributed by atoms with van der Waals surface area (Å²) >= 11 is 0. The first-order chi connectivity index (χ1) is 13.1. The van der Waals surface area contributed by atoms with E-state index in [2.05, 4.69) is 26.2 Å². The molecule has 0 amide bonds. The summed E-state index contributed by atoms with van der Waals surface area (Å²) in [6.07, 6.45) is 0. The van der Waals surface area contributed by atoms with E-state index in [0.29, 0.717) is 6.54 Å². The van der Waals surface area contributed by atoms with E-state index in [1.807, 2.05) is 18.2 Å². The molecule has 0 saturated carbocycles. The van der Waals surface area contributed by atoms with E-state index in [9.17, 15) is 9.50 Å². The molecule has 0 aliphatic carbocycles. The predicted molar refractivity (Wildman–Crippen MR) is 105 cm³/mol. The monoisotopic (exact) mass is 372 g/mol. The standard InChI is InChI=1S/C20H25FN4O2/c1-22-20(23-14-15-7-8-18(26)16(21)13-15)25-11-9-24(10-12-25)17-5-3-4-6-19(17)27-2/h3-8,13,26H,9-12,14H2,1-2H3,(H,22,23). The van der Waals surface area contributed by atoms with Crippen molar-refractivity contribution in [2.45, 2.75) is 6.54 Å². The lowest BCUT2D eigenvalue weighted by atomic mass is 10.2. The maximum absolute atomic E-state index is 13.5. The quantitative estimate of drug-likeness (QED) is 0.638. The molecule has 0 aromatic heterocycles. The molecule has 0 radical (unpaired) electrons. The van der Waals surface area contributed by atoms with Gasteiger partial charge in [-0.25, -0.2) is 4.39 Å². The first kappa shape index (κ1) is 18.8. The average molecular weight is 372 g/mol. The minimum Gasteiger partial charge on any atom is -0.505 e. The minimum absolute atomic E-state index is 0.337. The molecule has 2 aromatic rings. The molecular formula is C20H25FN4O2. The second-order valence-corrected chi connectivity index (χ2v) is 6.33. The summed E-state index contributed by atoms with van der Waals surface area (Å²) in [5, 5.41) is 12.6. The van der Waals surface area contributed by atoms with Gasteiger partial charge in [0, 0.05) is 39.8 Å². The molecule has 27 heavy (non-hydrogen) atoms. The predicted octanol–water partition coefficient (Wildman–Crippen LogP) is 2.44. The van der Waals surface area contributed by atoms with Gasteiger partial charge in [0.25, 0.3) is 0 Å². The van der Waals surface area contributed by atoms with Crippen molar-refractivity contribution in [2.24, 2.45) is 4.99 Å². The van der Waals surface area contributed by atoms with Crippen LogP contribution in [0.15, 0.2) is 47.5 Å². The number of anilines is 1. The van der Waals surface area contributed by atoms with E-state index >= 15 is 0 Å². The first-order valence-electron chi connectivity index (χ1n) is 8.93. The Morgan fingerprint density at radius 1 is 1.19 bits per heavy atom. The summed E-state index contributed by atoms with van der Waals surface area (Å²) in [5.41, 5.74) is 1.85. The average Bonchev–Trinajstić information content (AvgIpc) is 2.71. The molecule has 1 saturated heterocycles. The molecule has 2 aromatic carbocycles. The molecule has 1 fully saturated rings. The molecule has 3 rings (SSSR count). The Morgan fingerprint density at radius 2 is 1.93 bits per heavy atom. The van der Waals surface area contributed by atoms with Gasteiger partial charge in [-0.1, -0.05) is 18.2 Å². The van der Waals surface area contributed by atoms with Gasteiger partial charge in [-0.3, -0.25) is 4.99 Å². The number of piperazine rings is 1. The Labute approximate surface area is 158 Å². The number of halogens is 1. The smallest absolute Gasteiger partial charge is 0.194 e. The molecule has 6 nitrogen and oxygen atoms in total.